The monoisotopic (exact) mass is 363 g/mol. The van der Waals surface area contributed by atoms with Gasteiger partial charge < -0.3 is 25.6 Å². The van der Waals surface area contributed by atoms with E-state index in [0.717, 1.165) is 16.7 Å². The van der Waals surface area contributed by atoms with Crippen LogP contribution in [-0.4, -0.2) is 29.3 Å². The molecule has 0 unspecified atom stereocenters. The van der Waals surface area contributed by atoms with Gasteiger partial charge in [0.05, 0.1) is 11.2 Å². The number of methoxy groups -OCH3 is 1. The molecule has 2 aromatic rings. The van der Waals surface area contributed by atoms with Gasteiger partial charge in [-0.25, -0.2) is 4.98 Å². The molecule has 0 fully saturated rings. The number of aromatic nitrogens is 1. The number of nitrogens with two attached hydrogens (primary N) is 1. The van der Waals surface area contributed by atoms with Gasteiger partial charge in [0.25, 0.3) is 0 Å². The molecule has 0 amide bonds. The molecule has 4 N–H and O–H groups in total. The highest BCUT2D eigenvalue weighted by Crippen LogP contribution is 2.50. The molecule has 6 heteroatoms. The molecule has 1 aromatic heterocycles. The molecule has 138 valence electrons. The van der Waals surface area contributed by atoms with Crippen molar-refractivity contribution in [2.24, 2.45) is 5.73 Å². The summed E-state index contributed by atoms with van der Waals surface area (Å²) in [6, 6.07) is 7.01. The lowest BCUT2D eigenvalue weighted by atomic mass is 9.73. The van der Waals surface area contributed by atoms with Crippen molar-refractivity contribution in [2.45, 2.75) is 24.9 Å². The van der Waals surface area contributed by atoms with Gasteiger partial charge in [0.1, 0.15) is 17.1 Å². The van der Waals surface area contributed by atoms with Gasteiger partial charge in [0, 0.05) is 36.5 Å². The Morgan fingerprint density at radius 1 is 1.33 bits per heavy atom. The fraction of sp³-hybridized carbons (Fsp3) is 0.286. The first-order valence-corrected chi connectivity index (χ1v) is 8.65. The Labute approximate surface area is 158 Å². The minimum absolute atomic E-state index is 0.171. The van der Waals surface area contributed by atoms with E-state index in [4.69, 9.17) is 15.2 Å². The highest BCUT2D eigenvalue weighted by Gasteiger charge is 2.44. The van der Waals surface area contributed by atoms with Crippen LogP contribution in [-0.2, 0) is 10.2 Å². The van der Waals surface area contributed by atoms with Crippen molar-refractivity contribution in [1.82, 2.24) is 10.3 Å². The van der Waals surface area contributed by atoms with Crippen molar-refractivity contribution in [3.63, 3.8) is 0 Å². The maximum absolute atomic E-state index is 10.0. The standard InChI is InChI=1S/C21H21N3O3/c1-20(2,26-3)7-6-13-8-16-19(23-11-13)27-17-5-4-14(25)9-15(17)21(16)10-18(22)24-12-21/h4-5,8-11,24-25H,12,22H2,1-3H3/t21-/m1/s1. The summed E-state index contributed by atoms with van der Waals surface area (Å²) in [6.07, 6.45) is 3.64. The summed E-state index contributed by atoms with van der Waals surface area (Å²) in [6.45, 7) is 4.35. The zero-order valence-corrected chi connectivity index (χ0v) is 15.5. The van der Waals surface area contributed by atoms with Gasteiger partial charge >= 0.3 is 0 Å². The Bertz CT molecular complexity index is 1020. The van der Waals surface area contributed by atoms with Crippen molar-refractivity contribution in [3.05, 3.63) is 59.0 Å². The Morgan fingerprint density at radius 3 is 2.85 bits per heavy atom. The lowest BCUT2D eigenvalue weighted by Gasteiger charge is -2.34. The number of pyridine rings is 1. The molecular weight excluding hydrogens is 342 g/mol. The number of hydrogen-bond acceptors (Lipinski definition) is 6. The summed E-state index contributed by atoms with van der Waals surface area (Å²) < 4.78 is 11.3. The van der Waals surface area contributed by atoms with Crippen LogP contribution in [0.4, 0.5) is 0 Å². The zero-order valence-electron chi connectivity index (χ0n) is 15.5. The van der Waals surface area contributed by atoms with Crippen LogP contribution in [0.3, 0.4) is 0 Å². The Balaban J connectivity index is 1.88. The van der Waals surface area contributed by atoms with Crippen molar-refractivity contribution in [1.29, 1.82) is 0 Å². The number of aromatic hydroxyl groups is 1. The van der Waals surface area contributed by atoms with Gasteiger partial charge in [-0.3, -0.25) is 0 Å². The van der Waals surface area contributed by atoms with Gasteiger partial charge in [-0.05, 0) is 44.2 Å². The van der Waals surface area contributed by atoms with E-state index in [0.29, 0.717) is 24.0 Å². The summed E-state index contributed by atoms with van der Waals surface area (Å²) in [5, 5.41) is 13.2. The molecule has 27 heavy (non-hydrogen) atoms. The number of fused-ring (bicyclic) bond motifs is 4. The summed E-state index contributed by atoms with van der Waals surface area (Å²) in [4.78, 5) is 4.49. The molecule has 2 aliphatic heterocycles. The Kier molecular flexibility index (Phi) is 3.79. The molecule has 0 saturated carbocycles. The van der Waals surface area contributed by atoms with E-state index in [-0.39, 0.29) is 5.75 Å². The summed E-state index contributed by atoms with van der Waals surface area (Å²) in [5.41, 5.74) is 7.37. The third-order valence-corrected chi connectivity index (χ3v) is 4.97. The highest BCUT2D eigenvalue weighted by molar-refractivity contribution is 5.63. The first-order chi connectivity index (χ1) is 12.8. The van der Waals surface area contributed by atoms with Crippen molar-refractivity contribution < 1.29 is 14.6 Å². The average molecular weight is 363 g/mol. The summed E-state index contributed by atoms with van der Waals surface area (Å²) in [5.74, 6) is 8.14. The second-order valence-corrected chi connectivity index (χ2v) is 7.25. The van der Waals surface area contributed by atoms with Gasteiger partial charge in [-0.15, -0.1) is 0 Å². The fourth-order valence-corrected chi connectivity index (χ4v) is 3.36. The van der Waals surface area contributed by atoms with E-state index >= 15 is 0 Å². The summed E-state index contributed by atoms with van der Waals surface area (Å²) >= 11 is 0. The van der Waals surface area contributed by atoms with Crippen molar-refractivity contribution in [2.75, 3.05) is 13.7 Å². The lowest BCUT2D eigenvalue weighted by molar-refractivity contribution is 0.0742. The first-order valence-electron chi connectivity index (χ1n) is 8.65. The van der Waals surface area contributed by atoms with Crippen molar-refractivity contribution in [3.8, 4) is 29.2 Å². The summed E-state index contributed by atoms with van der Waals surface area (Å²) in [7, 11) is 1.63. The minimum Gasteiger partial charge on any atom is -0.508 e. The molecule has 3 heterocycles. The molecule has 0 bridgehead atoms. The number of ether oxygens (including phenoxy) is 2. The van der Waals surface area contributed by atoms with Crippen LogP contribution in [0.2, 0.25) is 0 Å². The Morgan fingerprint density at radius 2 is 2.15 bits per heavy atom. The van der Waals surface area contributed by atoms with Crippen LogP contribution in [0.5, 0.6) is 17.4 Å². The predicted octanol–water partition coefficient (Wildman–Crippen LogP) is 2.36. The van der Waals surface area contributed by atoms with E-state index in [1.165, 1.54) is 0 Å². The second kappa shape index (κ2) is 5.93. The van der Waals surface area contributed by atoms with Gasteiger partial charge in [0.2, 0.25) is 5.88 Å². The number of rotatable bonds is 1. The third-order valence-electron chi connectivity index (χ3n) is 4.97. The van der Waals surface area contributed by atoms with E-state index in [9.17, 15) is 5.11 Å². The molecule has 4 rings (SSSR count). The third kappa shape index (κ3) is 2.86. The predicted molar refractivity (Wildman–Crippen MR) is 101 cm³/mol. The molecule has 0 aliphatic carbocycles. The SMILES string of the molecule is COC(C)(C)C#Cc1cnc2c(c1)[C@@]1(C=C(N)NC1)c1cc(O)ccc1O2. The second-order valence-electron chi connectivity index (χ2n) is 7.25. The topological polar surface area (TPSA) is 89.6 Å². The number of hydrogen-bond donors (Lipinski definition) is 3. The van der Waals surface area contributed by atoms with E-state index in [2.05, 4.69) is 22.1 Å². The molecule has 0 saturated heterocycles. The van der Waals surface area contributed by atoms with E-state index in [1.54, 1.807) is 31.5 Å². The quantitative estimate of drug-likeness (QED) is 0.674. The van der Waals surface area contributed by atoms with Crippen LogP contribution >= 0.6 is 0 Å². The molecule has 0 radical (unpaired) electrons. The van der Waals surface area contributed by atoms with E-state index in [1.807, 2.05) is 26.0 Å². The largest absolute Gasteiger partial charge is 0.508 e. The normalized spacial score (nSPS) is 19.9. The van der Waals surface area contributed by atoms with Gasteiger partial charge in [-0.1, -0.05) is 11.8 Å². The maximum Gasteiger partial charge on any atom is 0.223 e. The van der Waals surface area contributed by atoms with Gasteiger partial charge in [0.15, 0.2) is 0 Å². The van der Waals surface area contributed by atoms with Crippen LogP contribution in [0.1, 0.15) is 30.5 Å². The van der Waals surface area contributed by atoms with Crippen LogP contribution in [0, 0.1) is 11.8 Å². The minimum atomic E-state index is -0.576. The van der Waals surface area contributed by atoms with Crippen LogP contribution < -0.4 is 15.8 Å². The number of benzene rings is 1. The highest BCUT2D eigenvalue weighted by atomic mass is 16.5. The number of phenols is 1. The number of nitrogens with zero attached hydrogens (tertiary/aromatic N) is 1. The smallest absolute Gasteiger partial charge is 0.223 e. The zero-order chi connectivity index (χ0) is 19.2. The Hall–Kier alpha value is -3.17. The lowest BCUT2D eigenvalue weighted by Crippen LogP contribution is -2.34. The van der Waals surface area contributed by atoms with Gasteiger partial charge in [-0.2, -0.15) is 0 Å². The molecule has 6 nitrogen and oxygen atoms in total. The average Bonchev–Trinajstić information content (AvgIpc) is 3.04. The molecular formula is C21H21N3O3. The molecule has 2 aliphatic rings. The van der Waals surface area contributed by atoms with Crippen LogP contribution in [0.25, 0.3) is 0 Å². The molecule has 1 aromatic carbocycles. The number of phenolic OH excluding ortho intramolecular Hbond substituents is 1. The molecule has 1 spiro atoms. The van der Waals surface area contributed by atoms with E-state index < -0.39 is 11.0 Å². The van der Waals surface area contributed by atoms with Crippen LogP contribution in [0.15, 0.2) is 42.4 Å². The fourth-order valence-electron chi connectivity index (χ4n) is 3.36. The van der Waals surface area contributed by atoms with Crippen molar-refractivity contribution >= 4 is 0 Å². The first kappa shape index (κ1) is 17.3. The molecule has 1 atom stereocenters. The maximum atomic E-state index is 10.0. The number of nitrogens with one attached hydrogen (secondary N) is 1.